The minimum Gasteiger partial charge on any atom is -0.503 e. The third-order valence-electron chi connectivity index (χ3n) is 6.48. The maximum Gasteiger partial charge on any atom is 0.350 e. The van der Waals surface area contributed by atoms with Gasteiger partial charge in [0, 0.05) is 5.39 Å². The second-order valence-electron chi connectivity index (χ2n) is 9.13. The number of hydrogen-bond donors (Lipinski definition) is 1. The number of carbonyl (C=O) groups excluding carboxylic acids is 3. The molecule has 1 atom stereocenters. The Bertz CT molecular complexity index is 1750. The molecule has 2 aromatic carbocycles. The third kappa shape index (κ3) is 5.06. The summed E-state index contributed by atoms with van der Waals surface area (Å²) >= 11 is 0.912. The zero-order valence-corrected chi connectivity index (χ0v) is 23.6. The van der Waals surface area contributed by atoms with Crippen LogP contribution in [0.25, 0.3) is 11.0 Å². The second kappa shape index (κ2) is 11.8. The quantitative estimate of drug-likeness (QED) is 0.130. The number of ketones is 1. The van der Waals surface area contributed by atoms with Crippen molar-refractivity contribution in [3.63, 3.8) is 0 Å². The summed E-state index contributed by atoms with van der Waals surface area (Å²) in [4.78, 5) is 46.0. The van der Waals surface area contributed by atoms with Gasteiger partial charge in [0.05, 0.1) is 24.4 Å². The number of Topliss-reactive ketones (excluding diaryl/α,β-unsaturated/α-hetero) is 1. The van der Waals surface area contributed by atoms with Crippen LogP contribution in [0.2, 0.25) is 0 Å². The highest BCUT2D eigenvalue weighted by atomic mass is 32.1. The van der Waals surface area contributed by atoms with E-state index in [1.54, 1.807) is 55.5 Å². The number of anilines is 1. The number of thiazole rings is 1. The van der Waals surface area contributed by atoms with Gasteiger partial charge in [-0.1, -0.05) is 60.9 Å². The average Bonchev–Trinajstić information content (AvgIpc) is 3.68. The summed E-state index contributed by atoms with van der Waals surface area (Å²) < 4.78 is 22.0. The highest BCUT2D eigenvalue weighted by Gasteiger charge is 2.47. The number of aryl methyl sites for hydroxylation is 1. The van der Waals surface area contributed by atoms with Gasteiger partial charge in [-0.2, -0.15) is 0 Å². The van der Waals surface area contributed by atoms with Gasteiger partial charge in [-0.15, -0.1) is 0 Å². The van der Waals surface area contributed by atoms with Gasteiger partial charge in [0.1, 0.15) is 23.8 Å². The number of aliphatic hydroxyl groups is 1. The molecule has 1 amide bonds. The summed E-state index contributed by atoms with van der Waals surface area (Å²) in [6.45, 7) is 9.07. The molecule has 1 aliphatic heterocycles. The molecule has 0 spiro atoms. The molecule has 0 saturated heterocycles. The van der Waals surface area contributed by atoms with Crippen molar-refractivity contribution >= 4 is 45.1 Å². The van der Waals surface area contributed by atoms with E-state index in [4.69, 9.17) is 18.6 Å². The fourth-order valence-electron chi connectivity index (χ4n) is 4.57. The van der Waals surface area contributed by atoms with Gasteiger partial charge in [-0.25, -0.2) is 9.78 Å². The first-order chi connectivity index (χ1) is 20.3. The zero-order valence-electron chi connectivity index (χ0n) is 22.8. The normalized spacial score (nSPS) is 14.8. The van der Waals surface area contributed by atoms with Crippen LogP contribution in [0, 0.1) is 6.92 Å². The summed E-state index contributed by atoms with van der Waals surface area (Å²) in [6.07, 6.45) is 3.04. The fourth-order valence-corrected chi connectivity index (χ4v) is 5.56. The van der Waals surface area contributed by atoms with Crippen molar-refractivity contribution < 1.29 is 38.1 Å². The van der Waals surface area contributed by atoms with E-state index in [0.29, 0.717) is 33.7 Å². The van der Waals surface area contributed by atoms with Crippen molar-refractivity contribution in [2.24, 2.45) is 0 Å². The van der Waals surface area contributed by atoms with Crippen LogP contribution in [0.1, 0.15) is 37.5 Å². The number of furan rings is 1. The lowest BCUT2D eigenvalue weighted by atomic mass is 9.95. The molecule has 2 aromatic heterocycles. The molecule has 4 aromatic rings. The van der Waals surface area contributed by atoms with Crippen LogP contribution in [0.5, 0.6) is 11.5 Å². The number of amides is 1. The Balaban J connectivity index is 1.61. The van der Waals surface area contributed by atoms with E-state index in [-0.39, 0.29) is 34.6 Å². The molecule has 1 unspecified atom stereocenters. The average molecular weight is 587 g/mol. The van der Waals surface area contributed by atoms with Crippen molar-refractivity contribution in [3.05, 3.63) is 107 Å². The lowest BCUT2D eigenvalue weighted by Gasteiger charge is -2.24. The van der Waals surface area contributed by atoms with Crippen molar-refractivity contribution in [3.8, 4) is 11.5 Å². The summed E-state index contributed by atoms with van der Waals surface area (Å²) in [5.41, 5.74) is 0.955. The zero-order chi connectivity index (χ0) is 30.0. The maximum absolute atomic E-state index is 14.0. The Morgan fingerprint density at radius 2 is 1.88 bits per heavy atom. The number of para-hydroxylation sites is 1. The predicted molar refractivity (Wildman–Crippen MR) is 156 cm³/mol. The molecule has 1 N–H and O–H groups in total. The lowest BCUT2D eigenvalue weighted by Crippen LogP contribution is -2.31. The van der Waals surface area contributed by atoms with E-state index in [0.717, 1.165) is 11.3 Å². The first-order valence-corrected chi connectivity index (χ1v) is 13.6. The van der Waals surface area contributed by atoms with E-state index in [1.807, 2.05) is 0 Å². The largest absolute Gasteiger partial charge is 0.503 e. The summed E-state index contributed by atoms with van der Waals surface area (Å²) in [5.74, 6) is -2.07. The minimum atomic E-state index is -1.10. The molecular weight excluding hydrogens is 560 g/mol. The van der Waals surface area contributed by atoms with Crippen LogP contribution in [-0.2, 0) is 9.53 Å². The van der Waals surface area contributed by atoms with E-state index in [2.05, 4.69) is 18.1 Å². The molecule has 42 heavy (non-hydrogen) atoms. The second-order valence-corrected chi connectivity index (χ2v) is 10.1. The van der Waals surface area contributed by atoms with Gasteiger partial charge in [0.25, 0.3) is 5.91 Å². The molecule has 214 valence electrons. The molecule has 3 heterocycles. The number of esters is 1. The number of benzene rings is 2. The molecule has 0 bridgehead atoms. The van der Waals surface area contributed by atoms with Gasteiger partial charge in [0.15, 0.2) is 28.0 Å². The van der Waals surface area contributed by atoms with Gasteiger partial charge < -0.3 is 23.7 Å². The predicted octanol–water partition coefficient (Wildman–Crippen LogP) is 5.90. The summed E-state index contributed by atoms with van der Waals surface area (Å²) in [5, 5.41) is 11.8. The van der Waals surface area contributed by atoms with Crippen LogP contribution in [-0.4, -0.2) is 48.1 Å². The fraction of sp³-hybridized carbons (Fsp3) is 0.161. The highest BCUT2D eigenvalue weighted by Crippen LogP contribution is 2.44. The number of methoxy groups -OCH3 is 1. The number of nitrogens with zero attached hydrogens (tertiary/aromatic N) is 2. The molecule has 1 aliphatic rings. The number of hydrogen-bond acceptors (Lipinski definition) is 10. The number of ether oxygens (including phenoxy) is 3. The molecule has 0 saturated carbocycles. The van der Waals surface area contributed by atoms with Crippen molar-refractivity contribution in [2.45, 2.75) is 13.0 Å². The Morgan fingerprint density at radius 1 is 1.14 bits per heavy atom. The van der Waals surface area contributed by atoms with Crippen LogP contribution in [0.15, 0.2) is 89.6 Å². The SMILES string of the molecule is C=CCOC(=O)c1sc(N2C(=O)C(O)=C(C(=O)c3cc4cccc(OC)c4o3)C2c2ccc(OCC=C)cc2)nc1C. The molecule has 11 heteroatoms. The number of rotatable bonds is 11. The van der Waals surface area contributed by atoms with Crippen molar-refractivity contribution in [2.75, 3.05) is 25.2 Å². The Kier molecular flexibility index (Phi) is 7.94. The van der Waals surface area contributed by atoms with E-state index in [1.165, 1.54) is 24.2 Å². The molecule has 5 rings (SSSR count). The molecular formula is C31H26N2O8S. The minimum absolute atomic E-state index is 0.000327. The van der Waals surface area contributed by atoms with Crippen LogP contribution in [0.3, 0.4) is 0 Å². The number of carbonyl (C=O) groups is 3. The molecule has 0 fully saturated rings. The molecule has 10 nitrogen and oxygen atoms in total. The third-order valence-corrected chi connectivity index (χ3v) is 7.61. The van der Waals surface area contributed by atoms with Gasteiger partial charge in [0.2, 0.25) is 5.78 Å². The Morgan fingerprint density at radius 3 is 2.57 bits per heavy atom. The first kappa shape index (κ1) is 28.4. The maximum atomic E-state index is 14.0. The van der Waals surface area contributed by atoms with Crippen LogP contribution < -0.4 is 14.4 Å². The number of aliphatic hydroxyl groups excluding tert-OH is 1. The van der Waals surface area contributed by atoms with Crippen molar-refractivity contribution in [1.29, 1.82) is 0 Å². The summed E-state index contributed by atoms with van der Waals surface area (Å²) in [6, 6.07) is 12.3. The van der Waals surface area contributed by atoms with Crippen LogP contribution in [0.4, 0.5) is 5.13 Å². The van der Waals surface area contributed by atoms with Gasteiger partial charge in [-0.05, 0) is 36.8 Å². The Hall–Kier alpha value is -5.16. The van der Waals surface area contributed by atoms with Gasteiger partial charge >= 0.3 is 5.97 Å². The monoisotopic (exact) mass is 586 g/mol. The highest BCUT2D eigenvalue weighted by molar-refractivity contribution is 7.17. The van der Waals surface area contributed by atoms with Crippen LogP contribution >= 0.6 is 11.3 Å². The molecule has 0 aliphatic carbocycles. The number of aromatic nitrogens is 1. The van der Waals surface area contributed by atoms with E-state index >= 15 is 0 Å². The summed E-state index contributed by atoms with van der Waals surface area (Å²) in [7, 11) is 1.48. The molecule has 0 radical (unpaired) electrons. The standard InChI is InChI=1S/C31H26N2O8S/c1-5-14-39-20-12-10-18(11-13-20)24-23(25(34)22-16-19-8-7-9-21(38-4)27(19)41-22)26(35)29(36)33(24)31-32-17(3)28(42-31)30(37)40-15-6-2/h5-13,16,24,35H,1-2,14-15H2,3-4H3. The topological polar surface area (TPSA) is 128 Å². The Labute approximate surface area is 244 Å². The van der Waals surface area contributed by atoms with E-state index in [9.17, 15) is 19.5 Å². The van der Waals surface area contributed by atoms with Gasteiger partial charge in [-0.3, -0.25) is 14.5 Å². The number of fused-ring (bicyclic) bond motifs is 1. The van der Waals surface area contributed by atoms with E-state index < -0.39 is 29.5 Å². The smallest absolute Gasteiger partial charge is 0.350 e. The lowest BCUT2D eigenvalue weighted by molar-refractivity contribution is -0.117. The van der Waals surface area contributed by atoms with Crippen molar-refractivity contribution in [1.82, 2.24) is 4.98 Å². The first-order valence-electron chi connectivity index (χ1n) is 12.8.